The maximum Gasteiger partial charge on any atom is 0.355 e. The van der Waals surface area contributed by atoms with Crippen LogP contribution in [0.2, 0.25) is 0 Å². The van der Waals surface area contributed by atoms with Crippen LogP contribution in [0.25, 0.3) is 0 Å². The molecule has 0 fully saturated rings. The Morgan fingerprint density at radius 2 is 1.95 bits per heavy atom. The van der Waals surface area contributed by atoms with Crippen LogP contribution in [0.5, 0.6) is 0 Å². The molecule has 1 aromatic rings. The van der Waals surface area contributed by atoms with E-state index in [1.54, 1.807) is 14.1 Å². The van der Waals surface area contributed by atoms with E-state index in [9.17, 15) is 14.4 Å². The van der Waals surface area contributed by atoms with Gasteiger partial charge in [-0.15, -0.1) is 11.3 Å². The molecule has 0 saturated heterocycles. The monoisotopic (exact) mass is 314 g/mol. The van der Waals surface area contributed by atoms with E-state index in [0.717, 1.165) is 0 Å². The molecule has 0 radical (unpaired) electrons. The number of amides is 3. The summed E-state index contributed by atoms with van der Waals surface area (Å²) in [4.78, 5) is 38.7. The van der Waals surface area contributed by atoms with Crippen molar-refractivity contribution >= 4 is 29.2 Å². The van der Waals surface area contributed by atoms with E-state index in [2.05, 4.69) is 15.6 Å². The van der Waals surface area contributed by atoms with E-state index in [-0.39, 0.29) is 30.6 Å². The van der Waals surface area contributed by atoms with Gasteiger partial charge in [-0.05, 0) is 0 Å². The number of hydrogen-bond acceptors (Lipinski definition) is 5. The topological polar surface area (TPSA) is 112 Å². The van der Waals surface area contributed by atoms with Gasteiger partial charge in [-0.25, -0.2) is 14.6 Å². The highest BCUT2D eigenvalue weighted by molar-refractivity contribution is 7.09. The summed E-state index contributed by atoms with van der Waals surface area (Å²) in [6.07, 6.45) is 0.705. The molecule has 1 heterocycles. The van der Waals surface area contributed by atoms with E-state index in [0.29, 0.717) is 18.0 Å². The molecule has 0 aliphatic carbocycles. The van der Waals surface area contributed by atoms with E-state index < -0.39 is 5.97 Å². The predicted molar refractivity (Wildman–Crippen MR) is 77.5 cm³/mol. The zero-order valence-corrected chi connectivity index (χ0v) is 12.7. The van der Waals surface area contributed by atoms with Crippen molar-refractivity contribution in [1.29, 1.82) is 0 Å². The molecule has 21 heavy (non-hydrogen) atoms. The molecule has 0 atom stereocenters. The first kappa shape index (κ1) is 16.9. The van der Waals surface area contributed by atoms with Gasteiger partial charge in [0.05, 0.1) is 5.01 Å². The normalized spacial score (nSPS) is 10.0. The summed E-state index contributed by atoms with van der Waals surface area (Å²) in [5.74, 6) is -1.12. The largest absolute Gasteiger partial charge is 0.476 e. The van der Waals surface area contributed by atoms with Gasteiger partial charge in [0.2, 0.25) is 5.91 Å². The summed E-state index contributed by atoms with van der Waals surface area (Å²) in [6, 6.07) is -0.364. The van der Waals surface area contributed by atoms with Crippen LogP contribution >= 0.6 is 11.3 Å². The third-order valence-electron chi connectivity index (χ3n) is 2.52. The van der Waals surface area contributed by atoms with Gasteiger partial charge in [0.15, 0.2) is 5.69 Å². The molecule has 3 N–H and O–H groups in total. The molecule has 1 rings (SSSR count). The average molecular weight is 314 g/mol. The number of aromatic carboxylic acids is 1. The third kappa shape index (κ3) is 6.21. The van der Waals surface area contributed by atoms with Gasteiger partial charge in [0.25, 0.3) is 0 Å². The van der Waals surface area contributed by atoms with Crippen LogP contribution in [0.4, 0.5) is 4.79 Å². The van der Waals surface area contributed by atoms with Gasteiger partial charge in [0, 0.05) is 45.4 Å². The van der Waals surface area contributed by atoms with Crippen molar-refractivity contribution < 1.29 is 19.5 Å². The second-order valence-electron chi connectivity index (χ2n) is 4.40. The minimum atomic E-state index is -1.06. The van der Waals surface area contributed by atoms with Crippen molar-refractivity contribution in [3.8, 4) is 0 Å². The quantitative estimate of drug-likeness (QED) is 0.664. The number of nitrogens with one attached hydrogen (secondary N) is 2. The summed E-state index contributed by atoms with van der Waals surface area (Å²) in [6.45, 7) is 0.614. The highest BCUT2D eigenvalue weighted by Gasteiger charge is 2.09. The lowest BCUT2D eigenvalue weighted by atomic mass is 10.4. The van der Waals surface area contributed by atoms with Gasteiger partial charge < -0.3 is 20.6 Å². The number of hydrogen-bond donors (Lipinski definition) is 3. The highest BCUT2D eigenvalue weighted by atomic mass is 32.1. The van der Waals surface area contributed by atoms with Crippen molar-refractivity contribution in [3.05, 3.63) is 16.1 Å². The summed E-state index contributed by atoms with van der Waals surface area (Å²) >= 11 is 1.24. The number of urea groups is 1. The first-order valence-electron chi connectivity index (χ1n) is 6.29. The van der Waals surface area contributed by atoms with E-state index >= 15 is 0 Å². The van der Waals surface area contributed by atoms with Crippen LogP contribution in [-0.4, -0.2) is 60.1 Å². The number of aromatic nitrogens is 1. The molecule has 0 unspecified atom stereocenters. The zero-order chi connectivity index (χ0) is 15.8. The second kappa shape index (κ2) is 8.20. The Kier molecular flexibility index (Phi) is 6.60. The van der Waals surface area contributed by atoms with Gasteiger partial charge in [-0.2, -0.15) is 0 Å². The van der Waals surface area contributed by atoms with Crippen LogP contribution in [-0.2, 0) is 11.2 Å². The van der Waals surface area contributed by atoms with Crippen molar-refractivity contribution in [2.75, 3.05) is 27.2 Å². The van der Waals surface area contributed by atoms with E-state index in [1.807, 2.05) is 0 Å². The van der Waals surface area contributed by atoms with Crippen molar-refractivity contribution in [2.45, 2.75) is 12.8 Å². The summed E-state index contributed by atoms with van der Waals surface area (Å²) in [5.41, 5.74) is 0.0154. The molecule has 9 heteroatoms. The lowest BCUT2D eigenvalue weighted by molar-refractivity contribution is -0.128. The first-order chi connectivity index (χ1) is 9.90. The third-order valence-corrected chi connectivity index (χ3v) is 3.43. The Labute approximate surface area is 126 Å². The summed E-state index contributed by atoms with van der Waals surface area (Å²) < 4.78 is 0. The number of rotatable bonds is 7. The molecule has 116 valence electrons. The van der Waals surface area contributed by atoms with Crippen LogP contribution in [0.1, 0.15) is 21.9 Å². The van der Waals surface area contributed by atoms with E-state index in [4.69, 9.17) is 5.11 Å². The molecule has 1 aromatic heterocycles. The minimum absolute atomic E-state index is 0.0154. The van der Waals surface area contributed by atoms with Crippen molar-refractivity contribution in [3.63, 3.8) is 0 Å². The SMILES string of the molecule is CN(C)C(=O)CCNC(=O)NCCc1nc(C(=O)O)cs1. The molecular weight excluding hydrogens is 296 g/mol. The Balaban J connectivity index is 2.18. The maximum atomic E-state index is 11.4. The highest BCUT2D eigenvalue weighted by Crippen LogP contribution is 2.09. The number of nitrogens with zero attached hydrogens (tertiary/aromatic N) is 2. The molecule has 8 nitrogen and oxygen atoms in total. The summed E-state index contributed by atoms with van der Waals surface area (Å²) in [7, 11) is 3.31. The molecule has 0 aliphatic heterocycles. The number of carbonyl (C=O) groups is 3. The maximum absolute atomic E-state index is 11.4. The van der Waals surface area contributed by atoms with Crippen LogP contribution in [0.3, 0.4) is 0 Å². The Morgan fingerprint density at radius 3 is 2.52 bits per heavy atom. The van der Waals surface area contributed by atoms with Gasteiger partial charge in [-0.3, -0.25) is 4.79 Å². The van der Waals surface area contributed by atoms with Crippen molar-refractivity contribution in [1.82, 2.24) is 20.5 Å². The van der Waals surface area contributed by atoms with Crippen molar-refractivity contribution in [2.24, 2.45) is 0 Å². The second-order valence-corrected chi connectivity index (χ2v) is 5.35. The fraction of sp³-hybridized carbons (Fsp3) is 0.500. The van der Waals surface area contributed by atoms with Gasteiger partial charge in [0.1, 0.15) is 0 Å². The molecule has 0 aromatic carbocycles. The Hall–Kier alpha value is -2.16. The fourth-order valence-electron chi connectivity index (χ4n) is 1.38. The molecular formula is C12H18N4O4S. The zero-order valence-electron chi connectivity index (χ0n) is 11.9. The fourth-order valence-corrected chi connectivity index (χ4v) is 2.15. The molecule has 0 aliphatic rings. The van der Waals surface area contributed by atoms with Crippen LogP contribution in [0.15, 0.2) is 5.38 Å². The van der Waals surface area contributed by atoms with Crippen LogP contribution in [0, 0.1) is 0 Å². The lowest BCUT2D eigenvalue weighted by Crippen LogP contribution is -2.38. The smallest absolute Gasteiger partial charge is 0.355 e. The average Bonchev–Trinajstić information content (AvgIpc) is 2.87. The molecule has 0 bridgehead atoms. The predicted octanol–water partition coefficient (Wildman–Crippen LogP) is 0.161. The number of carboxylic acid groups (broad SMARTS) is 1. The lowest BCUT2D eigenvalue weighted by Gasteiger charge is -2.10. The molecule has 0 saturated carbocycles. The molecule has 3 amide bonds. The molecule has 0 spiro atoms. The minimum Gasteiger partial charge on any atom is -0.476 e. The summed E-state index contributed by atoms with van der Waals surface area (Å²) in [5, 5.41) is 16.0. The first-order valence-corrected chi connectivity index (χ1v) is 7.17. The number of thiazole rings is 1. The number of carbonyl (C=O) groups excluding carboxylic acids is 2. The Bertz CT molecular complexity index is 515. The van der Waals surface area contributed by atoms with Gasteiger partial charge >= 0.3 is 12.0 Å². The Morgan fingerprint density at radius 1 is 1.29 bits per heavy atom. The van der Waals surface area contributed by atoms with E-state index in [1.165, 1.54) is 21.6 Å². The van der Waals surface area contributed by atoms with Crippen LogP contribution < -0.4 is 10.6 Å². The van der Waals surface area contributed by atoms with Gasteiger partial charge in [-0.1, -0.05) is 0 Å². The standard InChI is InChI=1S/C12H18N4O4S/c1-16(2)10(17)4-6-14-12(20)13-5-3-9-15-8(7-21-9)11(18)19/h7H,3-6H2,1-2H3,(H,18,19)(H2,13,14,20). The number of carboxylic acids is 1.